The highest BCUT2D eigenvalue weighted by Crippen LogP contribution is 2.21. The molecule has 0 saturated carbocycles. The van der Waals surface area contributed by atoms with Gasteiger partial charge in [-0.05, 0) is 32.3 Å². The van der Waals surface area contributed by atoms with Gasteiger partial charge in [0.25, 0.3) is 5.91 Å². The Bertz CT molecular complexity index is 877. The summed E-state index contributed by atoms with van der Waals surface area (Å²) >= 11 is 0. The van der Waals surface area contributed by atoms with Gasteiger partial charge in [-0.15, -0.1) is 0 Å². The lowest BCUT2D eigenvalue weighted by Crippen LogP contribution is -2.38. The number of hydrogen-bond donors (Lipinski definition) is 1. The van der Waals surface area contributed by atoms with Crippen LogP contribution in [0.3, 0.4) is 0 Å². The highest BCUT2D eigenvalue weighted by atomic mass is 32.2. The van der Waals surface area contributed by atoms with Crippen molar-refractivity contribution in [1.82, 2.24) is 24.3 Å². The maximum atomic E-state index is 12.8. The van der Waals surface area contributed by atoms with Gasteiger partial charge in [0.05, 0.1) is 23.7 Å². The average Bonchev–Trinajstić information content (AvgIpc) is 3.05. The Labute approximate surface area is 153 Å². The lowest BCUT2D eigenvalue weighted by atomic mass is 10.3. The zero-order chi connectivity index (χ0) is 18.7. The van der Waals surface area contributed by atoms with Crippen LogP contribution in [-0.4, -0.2) is 67.0 Å². The van der Waals surface area contributed by atoms with Crippen molar-refractivity contribution >= 4 is 15.9 Å². The minimum Gasteiger partial charge on any atom is -0.349 e. The van der Waals surface area contributed by atoms with E-state index < -0.39 is 10.0 Å². The summed E-state index contributed by atoms with van der Waals surface area (Å²) in [5.41, 5.74) is 1.03. The first-order chi connectivity index (χ1) is 12.4. The van der Waals surface area contributed by atoms with E-state index in [0.29, 0.717) is 31.0 Å². The second kappa shape index (κ2) is 7.56. The van der Waals surface area contributed by atoms with Crippen molar-refractivity contribution in [3.05, 3.63) is 47.8 Å². The molecule has 8 nitrogen and oxygen atoms in total. The summed E-state index contributed by atoms with van der Waals surface area (Å²) in [6.07, 6.45) is 0. The molecule has 26 heavy (non-hydrogen) atoms. The van der Waals surface area contributed by atoms with E-state index >= 15 is 0 Å². The van der Waals surface area contributed by atoms with Gasteiger partial charge in [-0.2, -0.15) is 9.40 Å². The van der Waals surface area contributed by atoms with Crippen LogP contribution in [0.25, 0.3) is 0 Å². The van der Waals surface area contributed by atoms with E-state index in [2.05, 4.69) is 10.4 Å². The summed E-state index contributed by atoms with van der Waals surface area (Å²) in [6.45, 7) is 2.22. The molecule has 140 valence electrons. The van der Waals surface area contributed by atoms with Crippen LogP contribution in [0.15, 0.2) is 41.3 Å². The fraction of sp³-hybridized carbons (Fsp3) is 0.412. The molecule has 0 spiro atoms. The lowest BCUT2D eigenvalue weighted by Gasteiger charge is -2.26. The molecule has 1 aromatic heterocycles. The highest BCUT2D eigenvalue weighted by Gasteiger charge is 2.29. The van der Waals surface area contributed by atoms with Crippen LogP contribution in [-0.2, 0) is 23.1 Å². The van der Waals surface area contributed by atoms with Gasteiger partial charge in [-0.25, -0.2) is 8.42 Å². The fourth-order valence-corrected chi connectivity index (χ4v) is 4.21. The maximum Gasteiger partial charge on any atom is 0.271 e. The number of aromatic nitrogens is 2. The normalized spacial score (nSPS) is 15.0. The molecule has 0 unspecified atom stereocenters. The number of hydrogen-bond acceptors (Lipinski definition) is 5. The number of benzene rings is 1. The molecule has 1 aliphatic heterocycles. The van der Waals surface area contributed by atoms with Crippen molar-refractivity contribution in [1.29, 1.82) is 0 Å². The van der Waals surface area contributed by atoms with Gasteiger partial charge in [-0.1, -0.05) is 18.2 Å². The van der Waals surface area contributed by atoms with Crippen molar-refractivity contribution in [2.24, 2.45) is 0 Å². The lowest BCUT2D eigenvalue weighted by molar-refractivity contribution is 0.0945. The molecule has 1 aromatic carbocycles. The standard InChI is InChI=1S/C17H23N5O3S/c1-20(2)9-8-18-17(23)16-12-14-13-21(10-11-22(14)19-16)26(24,25)15-6-4-3-5-7-15/h3-7,12H,8-11,13H2,1-2H3,(H,18,23). The number of nitrogens with zero attached hydrogens (tertiary/aromatic N) is 4. The minimum atomic E-state index is -3.55. The van der Waals surface area contributed by atoms with Gasteiger partial charge in [-0.3, -0.25) is 9.48 Å². The van der Waals surface area contributed by atoms with Gasteiger partial charge < -0.3 is 10.2 Å². The number of amides is 1. The summed E-state index contributed by atoms with van der Waals surface area (Å²) in [6, 6.07) is 10.0. The molecule has 0 fully saturated rings. The van der Waals surface area contributed by atoms with Crippen LogP contribution in [0, 0.1) is 0 Å². The van der Waals surface area contributed by atoms with Crippen molar-refractivity contribution in [2.45, 2.75) is 18.0 Å². The molecular weight excluding hydrogens is 354 g/mol. The molecule has 0 radical (unpaired) electrons. The zero-order valence-electron chi connectivity index (χ0n) is 14.9. The van der Waals surface area contributed by atoms with Gasteiger partial charge >= 0.3 is 0 Å². The first-order valence-corrected chi connectivity index (χ1v) is 9.87. The zero-order valence-corrected chi connectivity index (χ0v) is 15.7. The molecular formula is C17H23N5O3S. The smallest absolute Gasteiger partial charge is 0.271 e. The second-order valence-corrected chi connectivity index (χ2v) is 8.39. The van der Waals surface area contributed by atoms with E-state index in [1.165, 1.54) is 4.31 Å². The van der Waals surface area contributed by atoms with Gasteiger partial charge in [0.1, 0.15) is 5.69 Å². The summed E-state index contributed by atoms with van der Waals surface area (Å²) in [4.78, 5) is 14.5. The summed E-state index contributed by atoms with van der Waals surface area (Å²) in [5, 5.41) is 7.13. The van der Waals surface area contributed by atoms with Gasteiger partial charge in [0.2, 0.25) is 10.0 Å². The Hall–Kier alpha value is -2.23. The second-order valence-electron chi connectivity index (χ2n) is 6.45. The summed E-state index contributed by atoms with van der Waals surface area (Å²) in [7, 11) is 0.314. The largest absolute Gasteiger partial charge is 0.349 e. The molecule has 0 aliphatic carbocycles. The number of nitrogens with one attached hydrogen (secondary N) is 1. The molecule has 2 heterocycles. The number of fused-ring (bicyclic) bond motifs is 1. The monoisotopic (exact) mass is 377 g/mol. The average molecular weight is 377 g/mol. The molecule has 1 amide bonds. The van der Waals surface area contributed by atoms with E-state index in [-0.39, 0.29) is 17.3 Å². The number of likely N-dealkylation sites (N-methyl/N-ethyl adjacent to an activating group) is 1. The molecule has 0 bridgehead atoms. The van der Waals surface area contributed by atoms with E-state index in [4.69, 9.17) is 0 Å². The van der Waals surface area contributed by atoms with Crippen molar-refractivity contribution in [3.63, 3.8) is 0 Å². The SMILES string of the molecule is CN(C)CCNC(=O)c1cc2n(n1)CCN(S(=O)(=O)c1ccccc1)C2. The van der Waals surface area contributed by atoms with E-state index in [0.717, 1.165) is 6.54 Å². The van der Waals surface area contributed by atoms with Crippen molar-refractivity contribution in [3.8, 4) is 0 Å². The minimum absolute atomic E-state index is 0.204. The third-order valence-electron chi connectivity index (χ3n) is 4.22. The number of sulfonamides is 1. The van der Waals surface area contributed by atoms with Crippen LogP contribution in [0.2, 0.25) is 0 Å². The van der Waals surface area contributed by atoms with Crippen LogP contribution < -0.4 is 5.32 Å². The first-order valence-electron chi connectivity index (χ1n) is 8.43. The molecule has 2 aromatic rings. The predicted molar refractivity (Wildman–Crippen MR) is 97.2 cm³/mol. The Kier molecular flexibility index (Phi) is 5.40. The quantitative estimate of drug-likeness (QED) is 0.786. The fourth-order valence-electron chi connectivity index (χ4n) is 2.78. The molecule has 3 rings (SSSR count). The van der Waals surface area contributed by atoms with E-state index in [1.54, 1.807) is 41.1 Å². The Morgan fingerprint density at radius 1 is 1.23 bits per heavy atom. The topological polar surface area (TPSA) is 87.5 Å². The first kappa shape index (κ1) is 18.6. The highest BCUT2D eigenvalue weighted by molar-refractivity contribution is 7.89. The molecule has 0 saturated heterocycles. The molecule has 1 aliphatic rings. The van der Waals surface area contributed by atoms with Crippen LogP contribution in [0.5, 0.6) is 0 Å². The van der Waals surface area contributed by atoms with Gasteiger partial charge in [0.15, 0.2) is 0 Å². The van der Waals surface area contributed by atoms with Crippen molar-refractivity contribution < 1.29 is 13.2 Å². The molecule has 0 atom stereocenters. The molecule has 9 heteroatoms. The Balaban J connectivity index is 1.71. The van der Waals surface area contributed by atoms with Gasteiger partial charge in [0, 0.05) is 19.6 Å². The maximum absolute atomic E-state index is 12.8. The van der Waals surface area contributed by atoms with Crippen LogP contribution >= 0.6 is 0 Å². The summed E-state index contributed by atoms with van der Waals surface area (Å²) in [5.74, 6) is -0.244. The Morgan fingerprint density at radius 2 is 1.96 bits per heavy atom. The third kappa shape index (κ3) is 3.95. The number of rotatable bonds is 6. The van der Waals surface area contributed by atoms with Crippen LogP contribution in [0.4, 0.5) is 0 Å². The predicted octanol–water partition coefficient (Wildman–Crippen LogP) is 0.379. The van der Waals surface area contributed by atoms with E-state index in [1.807, 2.05) is 19.0 Å². The summed E-state index contributed by atoms with van der Waals surface area (Å²) < 4.78 is 28.6. The van der Waals surface area contributed by atoms with Crippen molar-refractivity contribution in [2.75, 3.05) is 33.7 Å². The third-order valence-corrected chi connectivity index (χ3v) is 6.08. The molecule has 1 N–H and O–H groups in total. The van der Waals surface area contributed by atoms with Crippen LogP contribution in [0.1, 0.15) is 16.2 Å². The van der Waals surface area contributed by atoms with E-state index in [9.17, 15) is 13.2 Å². The Morgan fingerprint density at radius 3 is 2.65 bits per heavy atom. The number of carbonyl (C=O) groups excluding carboxylic acids is 1. The number of carbonyl (C=O) groups is 1.